The molecule has 19 heavy (non-hydrogen) atoms. The first-order valence-electron chi connectivity index (χ1n) is 7.30. The Morgan fingerprint density at radius 3 is 2.79 bits per heavy atom. The quantitative estimate of drug-likeness (QED) is 0.842. The fourth-order valence-electron chi connectivity index (χ4n) is 2.82. The van der Waals surface area contributed by atoms with Gasteiger partial charge in [-0.05, 0) is 48.0 Å². The second-order valence-corrected chi connectivity index (χ2v) is 6.06. The van der Waals surface area contributed by atoms with Gasteiger partial charge in [-0.2, -0.15) is 5.10 Å². The van der Waals surface area contributed by atoms with Gasteiger partial charge in [-0.25, -0.2) is 0 Å². The number of aromatic nitrogens is 2. The number of halogens is 1. The lowest BCUT2D eigenvalue weighted by Crippen LogP contribution is -2.28. The van der Waals surface area contributed by atoms with E-state index in [1.54, 1.807) is 0 Å². The second-order valence-electron chi connectivity index (χ2n) is 5.27. The SMILES string of the molecule is CCc1nn(CC)c(CNCC2CCCC2O)c1Br. The summed E-state index contributed by atoms with van der Waals surface area (Å²) < 4.78 is 3.19. The molecule has 0 amide bonds. The lowest BCUT2D eigenvalue weighted by atomic mass is 10.1. The fraction of sp³-hybridized carbons (Fsp3) is 0.786. The van der Waals surface area contributed by atoms with E-state index < -0.39 is 0 Å². The third kappa shape index (κ3) is 3.38. The highest BCUT2D eigenvalue weighted by Gasteiger charge is 2.24. The average molecular weight is 330 g/mol. The maximum atomic E-state index is 9.82. The summed E-state index contributed by atoms with van der Waals surface area (Å²) in [6, 6.07) is 0. The Labute approximate surface area is 123 Å². The fourth-order valence-corrected chi connectivity index (χ4v) is 3.52. The monoisotopic (exact) mass is 329 g/mol. The molecule has 0 aromatic carbocycles. The van der Waals surface area contributed by atoms with Crippen molar-refractivity contribution in [1.29, 1.82) is 0 Å². The molecule has 1 fully saturated rings. The standard InChI is InChI=1S/C14H24BrN3O/c1-3-11-14(15)12(18(4-2)17-11)9-16-8-10-6-5-7-13(10)19/h10,13,16,19H,3-9H2,1-2H3. The molecule has 2 rings (SSSR count). The van der Waals surface area contributed by atoms with Gasteiger partial charge in [0.1, 0.15) is 0 Å². The van der Waals surface area contributed by atoms with Crippen LogP contribution in [0.5, 0.6) is 0 Å². The van der Waals surface area contributed by atoms with Crippen molar-refractivity contribution in [3.05, 3.63) is 15.9 Å². The largest absolute Gasteiger partial charge is 0.393 e. The molecular formula is C14H24BrN3O. The highest BCUT2D eigenvalue weighted by atomic mass is 79.9. The van der Waals surface area contributed by atoms with Crippen molar-refractivity contribution in [2.24, 2.45) is 5.92 Å². The average Bonchev–Trinajstić information content (AvgIpc) is 2.95. The minimum Gasteiger partial charge on any atom is -0.393 e. The first-order chi connectivity index (χ1) is 9.17. The molecule has 1 aliphatic carbocycles. The second kappa shape index (κ2) is 6.86. The van der Waals surface area contributed by atoms with Gasteiger partial charge in [-0.3, -0.25) is 4.68 Å². The van der Waals surface area contributed by atoms with Crippen molar-refractivity contribution in [2.75, 3.05) is 6.54 Å². The van der Waals surface area contributed by atoms with Crippen LogP contribution in [0.2, 0.25) is 0 Å². The number of rotatable bonds is 6. The van der Waals surface area contributed by atoms with E-state index in [0.717, 1.165) is 55.5 Å². The molecule has 1 saturated carbocycles. The highest BCUT2D eigenvalue weighted by Crippen LogP contribution is 2.25. The summed E-state index contributed by atoms with van der Waals surface area (Å²) >= 11 is 3.66. The van der Waals surface area contributed by atoms with E-state index in [0.29, 0.717) is 5.92 Å². The predicted octanol–water partition coefficient (Wildman–Crippen LogP) is 2.48. The summed E-state index contributed by atoms with van der Waals surface area (Å²) in [6.45, 7) is 6.83. The Bertz CT molecular complexity index is 419. The van der Waals surface area contributed by atoms with Gasteiger partial charge in [0, 0.05) is 19.6 Å². The van der Waals surface area contributed by atoms with E-state index in [1.165, 1.54) is 5.69 Å². The Morgan fingerprint density at radius 1 is 1.42 bits per heavy atom. The molecule has 2 atom stereocenters. The van der Waals surface area contributed by atoms with Crippen LogP contribution >= 0.6 is 15.9 Å². The minimum atomic E-state index is -0.113. The number of hydrogen-bond acceptors (Lipinski definition) is 3. The van der Waals surface area contributed by atoms with Crippen LogP contribution in [0.4, 0.5) is 0 Å². The molecule has 1 aromatic heterocycles. The third-order valence-corrected chi connectivity index (χ3v) is 4.93. The molecule has 2 unspecified atom stereocenters. The molecule has 0 bridgehead atoms. The van der Waals surface area contributed by atoms with Gasteiger partial charge in [-0.1, -0.05) is 13.3 Å². The number of aliphatic hydroxyl groups is 1. The third-order valence-electron chi connectivity index (χ3n) is 4.01. The molecule has 1 heterocycles. The summed E-state index contributed by atoms with van der Waals surface area (Å²) in [5.41, 5.74) is 2.34. The van der Waals surface area contributed by atoms with Gasteiger partial charge in [0.2, 0.25) is 0 Å². The molecule has 0 spiro atoms. The van der Waals surface area contributed by atoms with Crippen LogP contribution in [0.15, 0.2) is 4.47 Å². The van der Waals surface area contributed by atoms with E-state index in [1.807, 2.05) is 0 Å². The van der Waals surface area contributed by atoms with E-state index in [2.05, 4.69) is 44.9 Å². The number of nitrogens with zero attached hydrogens (tertiary/aromatic N) is 2. The van der Waals surface area contributed by atoms with Gasteiger partial charge in [0.05, 0.1) is 22.0 Å². The Morgan fingerprint density at radius 2 is 2.21 bits per heavy atom. The number of aryl methyl sites for hydroxylation is 2. The number of hydrogen-bond donors (Lipinski definition) is 2. The van der Waals surface area contributed by atoms with Gasteiger partial charge in [0.15, 0.2) is 0 Å². The van der Waals surface area contributed by atoms with Crippen LogP contribution in [0.1, 0.15) is 44.5 Å². The molecule has 2 N–H and O–H groups in total. The molecular weight excluding hydrogens is 306 g/mol. The summed E-state index contributed by atoms with van der Waals surface area (Å²) in [5.74, 6) is 0.419. The van der Waals surface area contributed by atoms with Gasteiger partial charge < -0.3 is 10.4 Å². The Hall–Kier alpha value is -0.390. The van der Waals surface area contributed by atoms with Gasteiger partial charge >= 0.3 is 0 Å². The van der Waals surface area contributed by atoms with Crippen LogP contribution in [0, 0.1) is 5.92 Å². The maximum absolute atomic E-state index is 9.82. The zero-order chi connectivity index (χ0) is 13.8. The van der Waals surface area contributed by atoms with Gasteiger partial charge in [0.25, 0.3) is 0 Å². The maximum Gasteiger partial charge on any atom is 0.0767 e. The minimum absolute atomic E-state index is 0.113. The van der Waals surface area contributed by atoms with E-state index in [-0.39, 0.29) is 6.10 Å². The van der Waals surface area contributed by atoms with Crippen molar-refractivity contribution in [1.82, 2.24) is 15.1 Å². The van der Waals surface area contributed by atoms with Gasteiger partial charge in [-0.15, -0.1) is 0 Å². The zero-order valence-electron chi connectivity index (χ0n) is 11.8. The first-order valence-corrected chi connectivity index (χ1v) is 8.09. The predicted molar refractivity (Wildman–Crippen MR) is 80.0 cm³/mol. The Balaban J connectivity index is 1.93. The van der Waals surface area contributed by atoms with Crippen LogP contribution in [0.25, 0.3) is 0 Å². The van der Waals surface area contributed by atoms with E-state index >= 15 is 0 Å². The van der Waals surface area contributed by atoms with Crippen LogP contribution in [0.3, 0.4) is 0 Å². The molecule has 1 aromatic rings. The summed E-state index contributed by atoms with van der Waals surface area (Å²) in [7, 11) is 0. The number of nitrogens with one attached hydrogen (secondary N) is 1. The van der Waals surface area contributed by atoms with Crippen molar-refractivity contribution in [3.63, 3.8) is 0 Å². The molecule has 0 radical (unpaired) electrons. The van der Waals surface area contributed by atoms with E-state index in [4.69, 9.17) is 0 Å². The van der Waals surface area contributed by atoms with Crippen molar-refractivity contribution in [3.8, 4) is 0 Å². The normalized spacial score (nSPS) is 23.2. The van der Waals surface area contributed by atoms with Crippen LogP contribution in [-0.4, -0.2) is 27.5 Å². The first kappa shape index (κ1) is 15.0. The van der Waals surface area contributed by atoms with Crippen molar-refractivity contribution >= 4 is 15.9 Å². The molecule has 1 aliphatic rings. The van der Waals surface area contributed by atoms with Crippen LogP contribution < -0.4 is 5.32 Å². The van der Waals surface area contributed by atoms with Crippen LogP contribution in [-0.2, 0) is 19.5 Å². The molecule has 4 nitrogen and oxygen atoms in total. The lowest BCUT2D eigenvalue weighted by molar-refractivity contribution is 0.131. The molecule has 108 valence electrons. The topological polar surface area (TPSA) is 50.1 Å². The number of aliphatic hydroxyl groups excluding tert-OH is 1. The smallest absolute Gasteiger partial charge is 0.0767 e. The Kier molecular flexibility index (Phi) is 5.42. The summed E-state index contributed by atoms with van der Waals surface area (Å²) in [6.07, 6.45) is 4.09. The zero-order valence-corrected chi connectivity index (χ0v) is 13.4. The summed E-state index contributed by atoms with van der Waals surface area (Å²) in [5, 5.41) is 17.9. The van der Waals surface area contributed by atoms with E-state index in [9.17, 15) is 5.11 Å². The highest BCUT2D eigenvalue weighted by molar-refractivity contribution is 9.10. The molecule has 5 heteroatoms. The van der Waals surface area contributed by atoms with Crippen molar-refractivity contribution in [2.45, 2.75) is 58.7 Å². The lowest BCUT2D eigenvalue weighted by Gasteiger charge is -2.15. The summed E-state index contributed by atoms with van der Waals surface area (Å²) in [4.78, 5) is 0. The van der Waals surface area contributed by atoms with Crippen molar-refractivity contribution < 1.29 is 5.11 Å². The molecule has 0 saturated heterocycles. The molecule has 0 aliphatic heterocycles.